The highest BCUT2D eigenvalue weighted by atomic mass is 79.9. The molecule has 0 atom stereocenters. The highest BCUT2D eigenvalue weighted by molar-refractivity contribution is 9.10. The van der Waals surface area contributed by atoms with E-state index in [2.05, 4.69) is 57.6 Å². The minimum Gasteiger partial charge on any atom is -0.357 e. The van der Waals surface area contributed by atoms with Gasteiger partial charge in [-0.2, -0.15) is 4.98 Å². The van der Waals surface area contributed by atoms with Crippen molar-refractivity contribution in [3.8, 4) is 0 Å². The lowest BCUT2D eigenvalue weighted by Crippen LogP contribution is -2.25. The van der Waals surface area contributed by atoms with Gasteiger partial charge in [-0.05, 0) is 55.8 Å². The molecule has 1 aromatic heterocycles. The van der Waals surface area contributed by atoms with Crippen molar-refractivity contribution in [1.82, 2.24) is 9.97 Å². The molecular formula is C17H23BrN4. The second-order valence-corrected chi connectivity index (χ2v) is 5.89. The zero-order chi connectivity index (χ0) is 16.1. The van der Waals surface area contributed by atoms with Crippen LogP contribution in [-0.2, 0) is 0 Å². The van der Waals surface area contributed by atoms with Crippen LogP contribution in [0.3, 0.4) is 0 Å². The van der Waals surface area contributed by atoms with Crippen LogP contribution in [0.2, 0.25) is 0 Å². The summed E-state index contributed by atoms with van der Waals surface area (Å²) in [6, 6.07) is 10.2. The number of anilines is 3. The molecule has 0 aliphatic heterocycles. The summed E-state index contributed by atoms with van der Waals surface area (Å²) in [5.41, 5.74) is 2.07. The van der Waals surface area contributed by atoms with Crippen LogP contribution in [0.4, 0.5) is 17.5 Å². The number of rotatable bonds is 6. The van der Waals surface area contributed by atoms with Crippen LogP contribution in [0, 0.1) is 6.92 Å². The summed E-state index contributed by atoms with van der Waals surface area (Å²) in [7, 11) is 0. The van der Waals surface area contributed by atoms with Crippen molar-refractivity contribution in [2.24, 2.45) is 0 Å². The summed E-state index contributed by atoms with van der Waals surface area (Å²) in [5.74, 6) is 1.73. The molecule has 0 N–H and O–H groups in total. The molecular weight excluding hydrogens is 340 g/mol. The second-order valence-electron chi connectivity index (χ2n) is 5.04. The van der Waals surface area contributed by atoms with E-state index < -0.39 is 0 Å². The van der Waals surface area contributed by atoms with Gasteiger partial charge in [0.05, 0.1) is 5.69 Å². The topological polar surface area (TPSA) is 32.3 Å². The molecule has 0 aliphatic carbocycles. The summed E-state index contributed by atoms with van der Waals surface area (Å²) < 4.78 is 1.05. The first kappa shape index (κ1) is 16.7. The molecule has 0 fully saturated rings. The van der Waals surface area contributed by atoms with Gasteiger partial charge in [0.15, 0.2) is 0 Å². The highest BCUT2D eigenvalue weighted by Crippen LogP contribution is 2.30. The Morgan fingerprint density at radius 2 is 1.68 bits per heavy atom. The van der Waals surface area contributed by atoms with E-state index in [0.717, 1.165) is 47.3 Å². The Hall–Kier alpha value is -1.62. The number of halogens is 1. The Bertz CT molecular complexity index is 626. The zero-order valence-corrected chi connectivity index (χ0v) is 15.3. The first-order chi connectivity index (χ1) is 10.6. The van der Waals surface area contributed by atoms with Crippen molar-refractivity contribution in [3.63, 3.8) is 0 Å². The standard InChI is InChI=1S/C17H23BrN4/c1-5-21(6-2)16-12-13(4)19-17(20-16)22(7-3)15-11-9-8-10-14(15)18/h8-12H,5-7H2,1-4H3. The van der Waals surface area contributed by atoms with Crippen molar-refractivity contribution in [3.05, 3.63) is 40.5 Å². The lowest BCUT2D eigenvalue weighted by molar-refractivity contribution is 0.829. The summed E-state index contributed by atoms with van der Waals surface area (Å²) in [6.45, 7) is 11.1. The number of para-hydroxylation sites is 1. The van der Waals surface area contributed by atoms with Gasteiger partial charge in [-0.15, -0.1) is 0 Å². The molecule has 5 heteroatoms. The smallest absolute Gasteiger partial charge is 0.232 e. The fourth-order valence-electron chi connectivity index (χ4n) is 2.46. The number of aromatic nitrogens is 2. The molecule has 0 amide bonds. The molecule has 22 heavy (non-hydrogen) atoms. The van der Waals surface area contributed by atoms with E-state index in [-0.39, 0.29) is 0 Å². The Morgan fingerprint density at radius 1 is 1.00 bits per heavy atom. The monoisotopic (exact) mass is 362 g/mol. The zero-order valence-electron chi connectivity index (χ0n) is 13.7. The SMILES string of the molecule is CCN(CC)c1cc(C)nc(N(CC)c2ccccc2Br)n1. The molecule has 1 heterocycles. The summed E-state index contributed by atoms with van der Waals surface area (Å²) in [4.78, 5) is 13.8. The lowest BCUT2D eigenvalue weighted by atomic mass is 10.3. The average Bonchev–Trinajstić information content (AvgIpc) is 2.51. The lowest BCUT2D eigenvalue weighted by Gasteiger charge is -2.25. The number of hydrogen-bond donors (Lipinski definition) is 0. The number of aryl methyl sites for hydroxylation is 1. The van der Waals surface area contributed by atoms with Crippen LogP contribution in [0.25, 0.3) is 0 Å². The number of hydrogen-bond acceptors (Lipinski definition) is 4. The fourth-order valence-corrected chi connectivity index (χ4v) is 2.96. The normalized spacial score (nSPS) is 10.6. The second kappa shape index (κ2) is 7.58. The predicted molar refractivity (Wildman–Crippen MR) is 97.2 cm³/mol. The summed E-state index contributed by atoms with van der Waals surface area (Å²) in [6.07, 6.45) is 0. The van der Waals surface area contributed by atoms with E-state index in [4.69, 9.17) is 4.98 Å². The van der Waals surface area contributed by atoms with Gasteiger partial charge >= 0.3 is 0 Å². The maximum Gasteiger partial charge on any atom is 0.232 e. The Kier molecular flexibility index (Phi) is 5.77. The van der Waals surface area contributed by atoms with E-state index in [1.807, 2.05) is 31.2 Å². The molecule has 0 saturated carbocycles. The third kappa shape index (κ3) is 3.58. The van der Waals surface area contributed by atoms with E-state index >= 15 is 0 Å². The minimum absolute atomic E-state index is 0.747. The first-order valence-corrected chi connectivity index (χ1v) is 8.52. The Morgan fingerprint density at radius 3 is 2.27 bits per heavy atom. The quantitative estimate of drug-likeness (QED) is 0.754. The van der Waals surface area contributed by atoms with Crippen LogP contribution in [0.15, 0.2) is 34.8 Å². The van der Waals surface area contributed by atoms with Crippen LogP contribution in [-0.4, -0.2) is 29.6 Å². The van der Waals surface area contributed by atoms with Crippen LogP contribution < -0.4 is 9.80 Å². The van der Waals surface area contributed by atoms with Crippen molar-refractivity contribution in [2.45, 2.75) is 27.7 Å². The first-order valence-electron chi connectivity index (χ1n) is 7.73. The Labute approximate surface area is 141 Å². The van der Waals surface area contributed by atoms with Crippen LogP contribution >= 0.6 is 15.9 Å². The summed E-state index contributed by atoms with van der Waals surface area (Å²) >= 11 is 3.62. The van der Waals surface area contributed by atoms with Gasteiger partial charge in [0.2, 0.25) is 5.95 Å². The third-order valence-electron chi connectivity index (χ3n) is 3.62. The third-order valence-corrected chi connectivity index (χ3v) is 4.29. The Balaban J connectivity index is 2.48. The molecule has 118 valence electrons. The number of benzene rings is 1. The largest absolute Gasteiger partial charge is 0.357 e. The summed E-state index contributed by atoms with van der Waals surface area (Å²) in [5, 5.41) is 0. The minimum atomic E-state index is 0.747. The van der Waals surface area contributed by atoms with Gasteiger partial charge in [0.1, 0.15) is 5.82 Å². The molecule has 0 aliphatic rings. The van der Waals surface area contributed by atoms with E-state index in [9.17, 15) is 0 Å². The van der Waals surface area contributed by atoms with Crippen molar-refractivity contribution < 1.29 is 0 Å². The molecule has 0 bridgehead atoms. The van der Waals surface area contributed by atoms with Gasteiger partial charge in [0.25, 0.3) is 0 Å². The van der Waals surface area contributed by atoms with Crippen molar-refractivity contribution >= 4 is 33.4 Å². The van der Waals surface area contributed by atoms with E-state index in [1.165, 1.54) is 0 Å². The fraction of sp³-hybridized carbons (Fsp3) is 0.412. The van der Waals surface area contributed by atoms with Crippen LogP contribution in [0.1, 0.15) is 26.5 Å². The number of nitrogens with zero attached hydrogens (tertiary/aromatic N) is 4. The van der Waals surface area contributed by atoms with Crippen LogP contribution in [0.5, 0.6) is 0 Å². The van der Waals surface area contributed by atoms with Gasteiger partial charge in [-0.25, -0.2) is 4.98 Å². The molecule has 4 nitrogen and oxygen atoms in total. The van der Waals surface area contributed by atoms with Crippen molar-refractivity contribution in [2.75, 3.05) is 29.4 Å². The van der Waals surface area contributed by atoms with E-state index in [1.54, 1.807) is 0 Å². The average molecular weight is 363 g/mol. The molecule has 0 unspecified atom stereocenters. The van der Waals surface area contributed by atoms with Gasteiger partial charge in [-0.1, -0.05) is 12.1 Å². The molecule has 2 rings (SSSR count). The molecule has 1 aromatic carbocycles. The van der Waals surface area contributed by atoms with Gasteiger partial charge in [0, 0.05) is 35.9 Å². The maximum absolute atomic E-state index is 4.78. The molecule has 0 radical (unpaired) electrons. The molecule has 0 spiro atoms. The van der Waals surface area contributed by atoms with Gasteiger partial charge in [-0.3, -0.25) is 0 Å². The molecule has 0 saturated heterocycles. The highest BCUT2D eigenvalue weighted by Gasteiger charge is 2.15. The van der Waals surface area contributed by atoms with E-state index in [0.29, 0.717) is 0 Å². The predicted octanol–water partition coefficient (Wildman–Crippen LogP) is 4.55. The molecule has 2 aromatic rings. The maximum atomic E-state index is 4.78. The van der Waals surface area contributed by atoms with Crippen molar-refractivity contribution in [1.29, 1.82) is 0 Å². The van der Waals surface area contributed by atoms with Gasteiger partial charge < -0.3 is 9.80 Å².